The Hall–Kier alpha value is -2.26. The average Bonchev–Trinajstić information content (AvgIpc) is 3.18. The number of benzene rings is 1. The van der Waals surface area contributed by atoms with E-state index in [1.165, 1.54) is 12.1 Å². The van der Waals surface area contributed by atoms with Gasteiger partial charge in [-0.1, -0.05) is 12.1 Å². The molecule has 27 heavy (non-hydrogen) atoms. The molecule has 0 aliphatic carbocycles. The van der Waals surface area contributed by atoms with Crippen LogP contribution in [0.15, 0.2) is 24.3 Å². The van der Waals surface area contributed by atoms with Crippen molar-refractivity contribution in [3.05, 3.63) is 24.3 Å². The lowest BCUT2D eigenvalue weighted by molar-refractivity contribution is -0.142. The summed E-state index contributed by atoms with van der Waals surface area (Å²) in [4.78, 5) is 28.3. The number of piperazine rings is 1. The lowest BCUT2D eigenvalue weighted by Gasteiger charge is -2.35. The summed E-state index contributed by atoms with van der Waals surface area (Å²) in [5.41, 5.74) is 0.204. The molecular weight excluding hydrogens is 360 g/mol. The fourth-order valence-electron chi connectivity index (χ4n) is 3.26. The quantitative estimate of drug-likeness (QED) is 0.807. The highest BCUT2D eigenvalue weighted by atomic mass is 19.3. The Bertz CT molecular complexity index is 660. The van der Waals surface area contributed by atoms with Crippen molar-refractivity contribution in [3.8, 4) is 5.75 Å². The molecule has 0 saturated carbocycles. The molecule has 0 spiro atoms. The monoisotopic (exact) mass is 383 g/mol. The second-order valence-corrected chi connectivity index (χ2v) is 6.53. The maximum atomic E-state index is 12.4. The Labute approximate surface area is 156 Å². The van der Waals surface area contributed by atoms with Crippen LogP contribution in [0.4, 0.5) is 14.5 Å². The van der Waals surface area contributed by atoms with Gasteiger partial charge in [-0.3, -0.25) is 14.5 Å². The van der Waals surface area contributed by atoms with Gasteiger partial charge in [0.15, 0.2) is 0 Å². The molecule has 1 N–H and O–H groups in total. The normalized spacial score (nSPS) is 20.7. The Kier molecular flexibility index (Phi) is 6.57. The van der Waals surface area contributed by atoms with Crippen LogP contribution in [0.1, 0.15) is 12.8 Å². The van der Waals surface area contributed by atoms with Crippen molar-refractivity contribution in [3.63, 3.8) is 0 Å². The molecule has 2 amide bonds. The number of hydrogen-bond acceptors (Lipinski definition) is 5. The topological polar surface area (TPSA) is 71.1 Å². The standard InChI is InChI=1S/C18H23F2N3O4/c19-18(20)27-14-5-2-1-4-13(14)21-16(24)12-22-7-9-23(10-8-22)17(25)15-6-3-11-26-15/h1-2,4-5,15,18H,3,6-12H2,(H,21,24). The number of nitrogens with one attached hydrogen (secondary N) is 1. The highest BCUT2D eigenvalue weighted by Gasteiger charge is 2.30. The minimum Gasteiger partial charge on any atom is -0.433 e. The number of carbonyl (C=O) groups is 2. The van der Waals surface area contributed by atoms with Gasteiger partial charge >= 0.3 is 6.61 Å². The molecule has 1 aromatic rings. The van der Waals surface area contributed by atoms with Crippen molar-refractivity contribution in [2.75, 3.05) is 44.6 Å². The summed E-state index contributed by atoms with van der Waals surface area (Å²) in [7, 11) is 0. The molecule has 0 aromatic heterocycles. The maximum absolute atomic E-state index is 12.4. The van der Waals surface area contributed by atoms with Crippen molar-refractivity contribution in [2.24, 2.45) is 0 Å². The van der Waals surface area contributed by atoms with E-state index in [-0.39, 0.29) is 35.9 Å². The second kappa shape index (κ2) is 9.09. The van der Waals surface area contributed by atoms with Gasteiger partial charge in [0, 0.05) is 32.8 Å². The fourth-order valence-corrected chi connectivity index (χ4v) is 3.26. The van der Waals surface area contributed by atoms with Crippen LogP contribution in [0, 0.1) is 0 Å². The summed E-state index contributed by atoms with van der Waals surface area (Å²) < 4.78 is 34.7. The van der Waals surface area contributed by atoms with Crippen LogP contribution in [0.3, 0.4) is 0 Å². The van der Waals surface area contributed by atoms with E-state index in [1.807, 2.05) is 4.90 Å². The average molecular weight is 383 g/mol. The lowest BCUT2D eigenvalue weighted by atomic mass is 10.2. The second-order valence-electron chi connectivity index (χ2n) is 6.53. The van der Waals surface area contributed by atoms with Crippen LogP contribution >= 0.6 is 0 Å². The third kappa shape index (κ3) is 5.36. The van der Waals surface area contributed by atoms with E-state index in [1.54, 1.807) is 17.0 Å². The van der Waals surface area contributed by atoms with Gasteiger partial charge in [-0.15, -0.1) is 0 Å². The van der Waals surface area contributed by atoms with Crippen LogP contribution < -0.4 is 10.1 Å². The molecule has 7 nitrogen and oxygen atoms in total. The first-order valence-electron chi connectivity index (χ1n) is 8.99. The van der Waals surface area contributed by atoms with Gasteiger partial charge in [0.25, 0.3) is 5.91 Å². The smallest absolute Gasteiger partial charge is 0.387 e. The molecule has 1 aromatic carbocycles. The molecule has 0 bridgehead atoms. The number of nitrogens with zero attached hydrogens (tertiary/aromatic N) is 2. The minimum absolute atomic E-state index is 0.0228. The largest absolute Gasteiger partial charge is 0.433 e. The van der Waals surface area contributed by atoms with Crippen LogP contribution in [0.5, 0.6) is 5.75 Å². The Balaban J connectivity index is 1.46. The number of hydrogen-bond donors (Lipinski definition) is 1. The zero-order valence-electron chi connectivity index (χ0n) is 14.9. The predicted octanol–water partition coefficient (Wildman–Crippen LogP) is 1.55. The highest BCUT2D eigenvalue weighted by Crippen LogP contribution is 2.25. The van der Waals surface area contributed by atoms with E-state index >= 15 is 0 Å². The Morgan fingerprint density at radius 3 is 2.63 bits per heavy atom. The lowest BCUT2D eigenvalue weighted by Crippen LogP contribution is -2.52. The summed E-state index contributed by atoms with van der Waals surface area (Å²) in [6.45, 7) is 0.00612. The molecule has 2 saturated heterocycles. The van der Waals surface area contributed by atoms with Gasteiger partial charge in [-0.25, -0.2) is 0 Å². The summed E-state index contributed by atoms with van der Waals surface area (Å²) in [5.74, 6) is -0.373. The Morgan fingerprint density at radius 1 is 1.22 bits per heavy atom. The summed E-state index contributed by atoms with van der Waals surface area (Å²) in [5, 5.41) is 2.60. The molecule has 2 heterocycles. The number of para-hydroxylation sites is 2. The van der Waals surface area contributed by atoms with E-state index in [2.05, 4.69) is 10.1 Å². The van der Waals surface area contributed by atoms with Gasteiger partial charge in [0.05, 0.1) is 12.2 Å². The van der Waals surface area contributed by atoms with Gasteiger partial charge in [-0.05, 0) is 25.0 Å². The van der Waals surface area contributed by atoms with Gasteiger partial charge in [-0.2, -0.15) is 8.78 Å². The van der Waals surface area contributed by atoms with Crippen LogP contribution in [-0.4, -0.2) is 73.7 Å². The van der Waals surface area contributed by atoms with Crippen molar-refractivity contribution >= 4 is 17.5 Å². The summed E-state index contributed by atoms with van der Waals surface area (Å²) in [6.07, 6.45) is 1.35. The van der Waals surface area contributed by atoms with Crippen molar-refractivity contribution < 1.29 is 27.8 Å². The van der Waals surface area contributed by atoms with Gasteiger partial charge < -0.3 is 19.7 Å². The third-order valence-corrected chi connectivity index (χ3v) is 4.63. The molecule has 1 unspecified atom stereocenters. The molecule has 2 fully saturated rings. The molecule has 3 rings (SSSR count). The molecule has 2 aliphatic rings. The molecule has 0 radical (unpaired) electrons. The van der Waals surface area contributed by atoms with Crippen molar-refractivity contribution in [2.45, 2.75) is 25.6 Å². The van der Waals surface area contributed by atoms with E-state index in [4.69, 9.17) is 4.74 Å². The predicted molar refractivity (Wildman–Crippen MR) is 93.7 cm³/mol. The van der Waals surface area contributed by atoms with E-state index in [0.717, 1.165) is 12.8 Å². The number of anilines is 1. The van der Waals surface area contributed by atoms with E-state index in [0.29, 0.717) is 32.8 Å². The summed E-state index contributed by atoms with van der Waals surface area (Å²) in [6, 6.07) is 6.06. The third-order valence-electron chi connectivity index (χ3n) is 4.63. The number of alkyl halides is 2. The first-order chi connectivity index (χ1) is 13.0. The number of amides is 2. The number of carbonyl (C=O) groups excluding carboxylic acids is 2. The summed E-state index contributed by atoms with van der Waals surface area (Å²) >= 11 is 0. The van der Waals surface area contributed by atoms with Crippen LogP contribution in [0.25, 0.3) is 0 Å². The zero-order valence-corrected chi connectivity index (χ0v) is 14.9. The van der Waals surface area contributed by atoms with Crippen LogP contribution in [-0.2, 0) is 14.3 Å². The zero-order chi connectivity index (χ0) is 19.2. The first kappa shape index (κ1) is 19.5. The fraction of sp³-hybridized carbons (Fsp3) is 0.556. The van der Waals surface area contributed by atoms with Crippen molar-refractivity contribution in [1.29, 1.82) is 0 Å². The molecular formula is C18H23F2N3O4. The Morgan fingerprint density at radius 2 is 1.96 bits per heavy atom. The molecule has 2 aliphatic heterocycles. The molecule has 1 atom stereocenters. The number of halogens is 2. The number of ether oxygens (including phenoxy) is 2. The SMILES string of the molecule is O=C(CN1CCN(C(=O)C2CCCO2)CC1)Nc1ccccc1OC(F)F. The van der Waals surface area contributed by atoms with Gasteiger partial charge in [0.1, 0.15) is 11.9 Å². The molecule has 9 heteroatoms. The first-order valence-corrected chi connectivity index (χ1v) is 8.99. The van der Waals surface area contributed by atoms with Crippen molar-refractivity contribution in [1.82, 2.24) is 9.80 Å². The molecule has 148 valence electrons. The van der Waals surface area contributed by atoms with Crippen LogP contribution in [0.2, 0.25) is 0 Å². The van der Waals surface area contributed by atoms with E-state index in [9.17, 15) is 18.4 Å². The maximum Gasteiger partial charge on any atom is 0.387 e. The minimum atomic E-state index is -2.96. The van der Waals surface area contributed by atoms with E-state index < -0.39 is 6.61 Å². The van der Waals surface area contributed by atoms with Gasteiger partial charge in [0.2, 0.25) is 5.91 Å². The highest BCUT2D eigenvalue weighted by molar-refractivity contribution is 5.93. The number of rotatable bonds is 6.